The molecule has 0 aliphatic rings. The number of hydrogen-bond acceptors (Lipinski definition) is 3. The average Bonchev–Trinajstić information content (AvgIpc) is 2.52. The quantitative estimate of drug-likeness (QED) is 0.803. The van der Waals surface area contributed by atoms with Gasteiger partial charge in [-0.15, -0.1) is 0 Å². The Morgan fingerprint density at radius 1 is 1.09 bits per heavy atom. The molecular formula is C16H16F3N3O. The lowest BCUT2D eigenvalue weighted by Crippen LogP contribution is -2.22. The van der Waals surface area contributed by atoms with E-state index in [9.17, 15) is 18.0 Å². The topological polar surface area (TPSA) is 54.0 Å². The molecule has 0 saturated carbocycles. The highest BCUT2D eigenvalue weighted by Gasteiger charge is 2.33. The van der Waals surface area contributed by atoms with Crippen LogP contribution in [0.1, 0.15) is 17.5 Å². The van der Waals surface area contributed by atoms with Crippen LogP contribution in [0.15, 0.2) is 48.8 Å². The summed E-state index contributed by atoms with van der Waals surface area (Å²) in [6, 6.07) is 8.60. The number of rotatable bonds is 6. The van der Waals surface area contributed by atoms with Crippen LogP contribution in [0.2, 0.25) is 0 Å². The van der Waals surface area contributed by atoms with Crippen LogP contribution in [0, 0.1) is 0 Å². The van der Waals surface area contributed by atoms with E-state index in [2.05, 4.69) is 15.6 Å². The number of pyridine rings is 1. The van der Waals surface area contributed by atoms with Gasteiger partial charge in [-0.3, -0.25) is 9.78 Å². The summed E-state index contributed by atoms with van der Waals surface area (Å²) in [5.74, 6) is -0.469. The molecule has 0 radical (unpaired) electrons. The first kappa shape index (κ1) is 17.0. The minimum atomic E-state index is -4.50. The molecule has 122 valence electrons. The number of nitrogens with zero attached hydrogens (tertiary/aromatic N) is 1. The maximum absolute atomic E-state index is 12.8. The molecule has 4 nitrogen and oxygen atoms in total. The summed E-state index contributed by atoms with van der Waals surface area (Å²) in [7, 11) is 0. The van der Waals surface area contributed by atoms with Gasteiger partial charge >= 0.3 is 6.18 Å². The molecule has 0 fully saturated rings. The van der Waals surface area contributed by atoms with Crippen LogP contribution in [0.3, 0.4) is 0 Å². The molecule has 0 unspecified atom stereocenters. The van der Waals surface area contributed by atoms with E-state index in [0.29, 0.717) is 13.1 Å². The van der Waals surface area contributed by atoms with E-state index in [1.807, 2.05) is 12.1 Å². The van der Waals surface area contributed by atoms with Crippen LogP contribution in [-0.2, 0) is 17.5 Å². The zero-order chi connectivity index (χ0) is 16.7. The van der Waals surface area contributed by atoms with Crippen molar-refractivity contribution in [2.45, 2.75) is 19.1 Å². The van der Waals surface area contributed by atoms with Crippen LogP contribution < -0.4 is 10.6 Å². The highest BCUT2D eigenvalue weighted by atomic mass is 19.4. The minimum Gasteiger partial charge on any atom is -0.325 e. The Morgan fingerprint density at radius 3 is 2.48 bits per heavy atom. The van der Waals surface area contributed by atoms with Gasteiger partial charge in [-0.2, -0.15) is 13.2 Å². The summed E-state index contributed by atoms with van der Waals surface area (Å²) in [6.45, 7) is 0.928. The molecule has 0 aliphatic heterocycles. The zero-order valence-electron chi connectivity index (χ0n) is 12.2. The normalized spacial score (nSPS) is 11.3. The SMILES string of the molecule is O=C(CCNCc1ccncc1)Nc1ccccc1C(F)(F)F. The van der Waals surface area contributed by atoms with Gasteiger partial charge in [0.15, 0.2) is 0 Å². The molecule has 1 amide bonds. The molecule has 2 aromatic rings. The number of para-hydroxylation sites is 1. The Labute approximate surface area is 131 Å². The molecule has 1 aromatic carbocycles. The predicted molar refractivity (Wildman–Crippen MR) is 80.6 cm³/mol. The average molecular weight is 323 g/mol. The molecule has 0 bridgehead atoms. The second-order valence-electron chi connectivity index (χ2n) is 4.87. The van der Waals surface area contributed by atoms with E-state index in [-0.39, 0.29) is 12.1 Å². The zero-order valence-corrected chi connectivity index (χ0v) is 12.2. The molecule has 2 rings (SSSR count). The first-order chi connectivity index (χ1) is 11.0. The minimum absolute atomic E-state index is 0.0806. The molecule has 0 spiro atoms. The number of carbonyl (C=O) groups excluding carboxylic acids is 1. The maximum Gasteiger partial charge on any atom is 0.418 e. The van der Waals surface area contributed by atoms with Gasteiger partial charge in [0.1, 0.15) is 0 Å². The van der Waals surface area contributed by atoms with Crippen LogP contribution in [0.5, 0.6) is 0 Å². The Balaban J connectivity index is 1.81. The van der Waals surface area contributed by atoms with Gasteiger partial charge in [-0.25, -0.2) is 0 Å². The number of alkyl halides is 3. The second kappa shape index (κ2) is 7.73. The van der Waals surface area contributed by atoms with E-state index >= 15 is 0 Å². The van der Waals surface area contributed by atoms with Crippen LogP contribution in [0.25, 0.3) is 0 Å². The van der Waals surface area contributed by atoms with Crippen molar-refractivity contribution in [3.8, 4) is 0 Å². The summed E-state index contributed by atoms with van der Waals surface area (Å²) in [5, 5.41) is 5.36. The van der Waals surface area contributed by atoms with Crippen molar-refractivity contribution in [3.63, 3.8) is 0 Å². The van der Waals surface area contributed by atoms with Gasteiger partial charge in [-0.05, 0) is 29.8 Å². The third-order valence-electron chi connectivity index (χ3n) is 3.11. The molecule has 2 N–H and O–H groups in total. The van der Waals surface area contributed by atoms with Gasteiger partial charge in [0, 0.05) is 31.9 Å². The summed E-state index contributed by atoms with van der Waals surface area (Å²) in [5.41, 5.74) is -0.0555. The first-order valence-electron chi connectivity index (χ1n) is 7.02. The van der Waals surface area contributed by atoms with Crippen molar-refractivity contribution in [3.05, 3.63) is 59.9 Å². The van der Waals surface area contributed by atoms with Gasteiger partial charge in [-0.1, -0.05) is 12.1 Å². The molecule has 0 aliphatic carbocycles. The summed E-state index contributed by atoms with van der Waals surface area (Å²) in [6.07, 6.45) is -1.09. The number of halogens is 3. The number of benzene rings is 1. The van der Waals surface area contributed by atoms with Crippen molar-refractivity contribution in [2.24, 2.45) is 0 Å². The lowest BCUT2D eigenvalue weighted by Gasteiger charge is -2.13. The van der Waals surface area contributed by atoms with Crippen LogP contribution in [0.4, 0.5) is 18.9 Å². The summed E-state index contributed by atoms with van der Waals surface area (Å²) < 4.78 is 38.5. The van der Waals surface area contributed by atoms with Gasteiger partial charge < -0.3 is 10.6 Å². The molecular weight excluding hydrogens is 307 g/mol. The molecule has 0 atom stereocenters. The summed E-state index contributed by atoms with van der Waals surface area (Å²) in [4.78, 5) is 15.7. The molecule has 1 heterocycles. The predicted octanol–water partition coefficient (Wildman–Crippen LogP) is 3.22. The molecule has 1 aromatic heterocycles. The second-order valence-corrected chi connectivity index (χ2v) is 4.87. The Bertz CT molecular complexity index is 645. The molecule has 23 heavy (non-hydrogen) atoms. The largest absolute Gasteiger partial charge is 0.418 e. The number of hydrogen-bond donors (Lipinski definition) is 2. The third-order valence-corrected chi connectivity index (χ3v) is 3.11. The maximum atomic E-state index is 12.8. The standard InChI is InChI=1S/C16H16F3N3O/c17-16(18,19)13-3-1-2-4-14(13)22-15(23)7-10-21-11-12-5-8-20-9-6-12/h1-6,8-9,21H,7,10-11H2,(H,22,23). The van der Waals surface area contributed by atoms with Crippen molar-refractivity contribution in [2.75, 3.05) is 11.9 Å². The fraction of sp³-hybridized carbons (Fsp3) is 0.250. The van der Waals surface area contributed by atoms with Crippen molar-refractivity contribution in [1.29, 1.82) is 0 Å². The van der Waals surface area contributed by atoms with E-state index in [1.54, 1.807) is 12.4 Å². The molecule has 0 saturated heterocycles. The first-order valence-corrected chi connectivity index (χ1v) is 7.02. The number of anilines is 1. The fourth-order valence-electron chi connectivity index (χ4n) is 1.99. The Morgan fingerprint density at radius 2 is 1.78 bits per heavy atom. The van der Waals surface area contributed by atoms with Crippen molar-refractivity contribution in [1.82, 2.24) is 10.3 Å². The van der Waals surface area contributed by atoms with Crippen molar-refractivity contribution < 1.29 is 18.0 Å². The lowest BCUT2D eigenvalue weighted by atomic mass is 10.1. The number of carbonyl (C=O) groups is 1. The van der Waals surface area contributed by atoms with E-state index < -0.39 is 17.6 Å². The molecule has 7 heteroatoms. The number of amides is 1. The van der Waals surface area contributed by atoms with Crippen molar-refractivity contribution >= 4 is 11.6 Å². The number of nitrogens with one attached hydrogen (secondary N) is 2. The lowest BCUT2D eigenvalue weighted by molar-refractivity contribution is -0.137. The third kappa shape index (κ3) is 5.37. The van der Waals surface area contributed by atoms with Crippen LogP contribution >= 0.6 is 0 Å². The highest BCUT2D eigenvalue weighted by molar-refractivity contribution is 5.91. The van der Waals surface area contributed by atoms with Gasteiger partial charge in [0.05, 0.1) is 11.3 Å². The highest BCUT2D eigenvalue weighted by Crippen LogP contribution is 2.34. The Hall–Kier alpha value is -2.41. The van der Waals surface area contributed by atoms with Crippen LogP contribution in [-0.4, -0.2) is 17.4 Å². The number of aromatic nitrogens is 1. The fourth-order valence-corrected chi connectivity index (χ4v) is 1.99. The summed E-state index contributed by atoms with van der Waals surface area (Å²) >= 11 is 0. The smallest absolute Gasteiger partial charge is 0.325 e. The van der Waals surface area contributed by atoms with Gasteiger partial charge in [0.25, 0.3) is 0 Å². The Kier molecular flexibility index (Phi) is 5.70. The van der Waals surface area contributed by atoms with Gasteiger partial charge in [0.2, 0.25) is 5.91 Å². The monoisotopic (exact) mass is 323 g/mol. The van der Waals surface area contributed by atoms with E-state index in [1.165, 1.54) is 18.2 Å². The van der Waals surface area contributed by atoms with E-state index in [4.69, 9.17) is 0 Å². The van der Waals surface area contributed by atoms with E-state index in [0.717, 1.165) is 11.6 Å².